The van der Waals surface area contributed by atoms with Crippen molar-refractivity contribution in [1.29, 1.82) is 0 Å². The molecule has 8 heteroatoms. The second-order valence-corrected chi connectivity index (χ2v) is 7.85. The largest absolute Gasteiger partial charge is 0.486 e. The minimum Gasteiger partial charge on any atom is -0.486 e. The van der Waals surface area contributed by atoms with E-state index in [1.54, 1.807) is 24.3 Å². The van der Waals surface area contributed by atoms with Crippen LogP contribution in [0.25, 0.3) is 0 Å². The highest BCUT2D eigenvalue weighted by molar-refractivity contribution is 8.00. The molecular formula is C20H21ClN4O2S. The maximum atomic E-state index is 12.4. The summed E-state index contributed by atoms with van der Waals surface area (Å²) in [4.78, 5) is 16.7. The van der Waals surface area contributed by atoms with E-state index in [9.17, 15) is 4.79 Å². The van der Waals surface area contributed by atoms with Crippen molar-refractivity contribution < 1.29 is 9.53 Å². The van der Waals surface area contributed by atoms with Gasteiger partial charge in [-0.2, -0.15) is 0 Å². The lowest BCUT2D eigenvalue weighted by Crippen LogP contribution is -2.22. The number of amides is 1. The molecule has 1 amide bonds. The number of ether oxygens (including phenoxy) is 1. The smallest absolute Gasteiger partial charge is 0.237 e. The van der Waals surface area contributed by atoms with Gasteiger partial charge in [-0.15, -0.1) is 5.10 Å². The molecule has 2 aromatic carbocycles. The van der Waals surface area contributed by atoms with Crippen molar-refractivity contribution in [3.63, 3.8) is 0 Å². The lowest BCUT2D eigenvalue weighted by atomic mass is 10.1. The zero-order valence-electron chi connectivity index (χ0n) is 15.6. The maximum absolute atomic E-state index is 12.4. The van der Waals surface area contributed by atoms with E-state index in [0.29, 0.717) is 21.8 Å². The number of anilines is 1. The lowest BCUT2D eigenvalue weighted by Gasteiger charge is -2.10. The number of carbonyl (C=O) groups excluding carboxylic acids is 1. The third-order valence-electron chi connectivity index (χ3n) is 3.98. The summed E-state index contributed by atoms with van der Waals surface area (Å²) in [5.41, 5.74) is 2.01. The first-order chi connectivity index (χ1) is 13.5. The maximum Gasteiger partial charge on any atom is 0.237 e. The molecule has 0 spiro atoms. The summed E-state index contributed by atoms with van der Waals surface area (Å²) < 4.78 is 5.63. The molecule has 0 aliphatic rings. The number of hydrogen-bond donors (Lipinski definition) is 2. The second kappa shape index (κ2) is 9.61. The highest BCUT2D eigenvalue weighted by Gasteiger charge is 2.17. The van der Waals surface area contributed by atoms with Gasteiger partial charge < -0.3 is 10.1 Å². The monoisotopic (exact) mass is 416 g/mol. The number of carbonyl (C=O) groups is 1. The van der Waals surface area contributed by atoms with Gasteiger partial charge in [-0.05, 0) is 55.3 Å². The van der Waals surface area contributed by atoms with Crippen molar-refractivity contribution in [3.05, 3.63) is 64.9 Å². The van der Waals surface area contributed by atoms with Crippen LogP contribution in [0.3, 0.4) is 0 Å². The molecule has 0 radical (unpaired) electrons. The molecule has 0 saturated heterocycles. The van der Waals surface area contributed by atoms with Gasteiger partial charge >= 0.3 is 0 Å². The summed E-state index contributed by atoms with van der Waals surface area (Å²) in [6, 6.07) is 14.9. The summed E-state index contributed by atoms with van der Waals surface area (Å²) in [5.74, 6) is 1.18. The summed E-state index contributed by atoms with van der Waals surface area (Å²) in [6.07, 6.45) is 0.968. The Morgan fingerprint density at radius 3 is 2.61 bits per heavy atom. The van der Waals surface area contributed by atoms with E-state index < -0.39 is 0 Å². The first-order valence-corrected chi connectivity index (χ1v) is 10.2. The molecule has 1 aromatic heterocycles. The predicted molar refractivity (Wildman–Crippen MR) is 112 cm³/mol. The van der Waals surface area contributed by atoms with E-state index in [2.05, 4.69) is 27.4 Å². The van der Waals surface area contributed by atoms with Gasteiger partial charge in [0.1, 0.15) is 12.4 Å². The summed E-state index contributed by atoms with van der Waals surface area (Å²) >= 11 is 7.14. The number of nitrogens with zero attached hydrogens (tertiary/aromatic N) is 2. The number of hydrogen-bond acceptors (Lipinski definition) is 5. The second-order valence-electron chi connectivity index (χ2n) is 6.11. The minimum atomic E-state index is -0.341. The van der Waals surface area contributed by atoms with Gasteiger partial charge in [-0.25, -0.2) is 4.98 Å². The van der Waals surface area contributed by atoms with E-state index in [0.717, 1.165) is 12.1 Å². The topological polar surface area (TPSA) is 79.9 Å². The molecule has 1 heterocycles. The quantitative estimate of drug-likeness (QED) is 0.519. The molecule has 0 saturated carbocycles. The molecular weight excluding hydrogens is 396 g/mol. The lowest BCUT2D eigenvalue weighted by molar-refractivity contribution is -0.115. The Hall–Kier alpha value is -2.51. The van der Waals surface area contributed by atoms with E-state index in [1.165, 1.54) is 17.3 Å². The highest BCUT2D eigenvalue weighted by Crippen LogP contribution is 2.22. The van der Waals surface area contributed by atoms with Gasteiger partial charge in [0.05, 0.1) is 5.25 Å². The zero-order chi connectivity index (χ0) is 19.9. The number of H-pyrrole nitrogens is 1. The van der Waals surface area contributed by atoms with Crippen LogP contribution < -0.4 is 10.1 Å². The molecule has 3 aromatic rings. The standard InChI is InChI=1S/C20H21ClN4O2S/c1-3-14-4-8-16(9-5-14)22-19(26)13(2)28-20-23-18(24-25-20)12-27-17-10-6-15(21)7-11-17/h4-11,13H,3,12H2,1-2H3,(H,22,26)(H,23,24,25). The summed E-state index contributed by atoms with van der Waals surface area (Å²) in [7, 11) is 0. The van der Waals surface area contributed by atoms with E-state index >= 15 is 0 Å². The normalized spacial score (nSPS) is 11.8. The molecule has 0 aliphatic heterocycles. The van der Waals surface area contributed by atoms with Crippen molar-refractivity contribution >= 4 is 35.0 Å². The molecule has 0 aliphatic carbocycles. The van der Waals surface area contributed by atoms with Crippen molar-refractivity contribution in [3.8, 4) is 5.75 Å². The van der Waals surface area contributed by atoms with Crippen LogP contribution >= 0.6 is 23.4 Å². The van der Waals surface area contributed by atoms with Gasteiger partial charge in [0, 0.05) is 10.7 Å². The Bertz CT molecular complexity index is 913. The number of nitrogens with one attached hydrogen (secondary N) is 2. The van der Waals surface area contributed by atoms with E-state index in [1.807, 2.05) is 31.2 Å². The Morgan fingerprint density at radius 1 is 1.21 bits per heavy atom. The first-order valence-electron chi connectivity index (χ1n) is 8.89. The molecule has 2 N–H and O–H groups in total. The average Bonchev–Trinajstić information content (AvgIpc) is 3.15. The highest BCUT2D eigenvalue weighted by atomic mass is 35.5. The molecule has 1 unspecified atom stereocenters. The predicted octanol–water partition coefficient (Wildman–Crippen LogP) is 4.72. The van der Waals surface area contributed by atoms with Crippen LogP contribution in [0.5, 0.6) is 5.75 Å². The van der Waals surface area contributed by atoms with Gasteiger partial charge in [-0.1, -0.05) is 42.4 Å². The molecule has 0 bridgehead atoms. The number of thioether (sulfide) groups is 1. The Labute approximate surface area is 173 Å². The van der Waals surface area contributed by atoms with E-state index in [-0.39, 0.29) is 17.8 Å². The Balaban J connectivity index is 1.50. The van der Waals surface area contributed by atoms with E-state index in [4.69, 9.17) is 16.3 Å². The van der Waals surface area contributed by atoms with Gasteiger partial charge in [0.15, 0.2) is 5.82 Å². The van der Waals surface area contributed by atoms with Crippen molar-refractivity contribution in [2.24, 2.45) is 0 Å². The molecule has 0 fully saturated rings. The fraction of sp³-hybridized carbons (Fsp3) is 0.250. The van der Waals surface area contributed by atoms with Crippen LogP contribution in [0, 0.1) is 0 Å². The number of aromatic amines is 1. The summed E-state index contributed by atoms with van der Waals surface area (Å²) in [5, 5.41) is 10.7. The molecule has 3 rings (SSSR count). The van der Waals surface area contributed by atoms with Gasteiger partial charge in [-0.3, -0.25) is 9.89 Å². The molecule has 28 heavy (non-hydrogen) atoms. The SMILES string of the molecule is CCc1ccc(NC(=O)C(C)Sc2n[nH]c(COc3ccc(Cl)cc3)n2)cc1. The van der Waals surface area contributed by atoms with Crippen LogP contribution in [0.15, 0.2) is 53.7 Å². The number of halogens is 1. The minimum absolute atomic E-state index is 0.0991. The van der Waals surface area contributed by atoms with Crippen LogP contribution in [-0.4, -0.2) is 26.3 Å². The molecule has 6 nitrogen and oxygen atoms in total. The average molecular weight is 417 g/mol. The summed E-state index contributed by atoms with van der Waals surface area (Å²) in [6.45, 7) is 4.16. The fourth-order valence-electron chi connectivity index (χ4n) is 2.36. The molecule has 146 valence electrons. The van der Waals surface area contributed by atoms with Crippen molar-refractivity contribution in [2.45, 2.75) is 37.3 Å². The third-order valence-corrected chi connectivity index (χ3v) is 5.19. The van der Waals surface area contributed by atoms with Crippen LogP contribution in [-0.2, 0) is 17.8 Å². The van der Waals surface area contributed by atoms with Crippen LogP contribution in [0.1, 0.15) is 25.2 Å². The Kier molecular flexibility index (Phi) is 6.95. The fourth-order valence-corrected chi connectivity index (χ4v) is 3.23. The molecule has 1 atom stereocenters. The van der Waals surface area contributed by atoms with Crippen LogP contribution in [0.2, 0.25) is 5.02 Å². The van der Waals surface area contributed by atoms with Gasteiger partial charge in [0.2, 0.25) is 11.1 Å². The number of benzene rings is 2. The van der Waals surface area contributed by atoms with Crippen molar-refractivity contribution in [1.82, 2.24) is 15.2 Å². The number of aromatic nitrogens is 3. The first kappa shape index (κ1) is 20.2. The van der Waals surface area contributed by atoms with Crippen LogP contribution in [0.4, 0.5) is 5.69 Å². The van der Waals surface area contributed by atoms with Crippen molar-refractivity contribution in [2.75, 3.05) is 5.32 Å². The third kappa shape index (κ3) is 5.74. The number of aryl methyl sites for hydroxylation is 1. The zero-order valence-corrected chi connectivity index (χ0v) is 17.2. The number of rotatable bonds is 8. The van der Waals surface area contributed by atoms with Gasteiger partial charge in [0.25, 0.3) is 0 Å². The Morgan fingerprint density at radius 2 is 1.93 bits per heavy atom.